The molecule has 0 saturated carbocycles. The Morgan fingerprint density at radius 2 is 1.45 bits per heavy atom. The van der Waals surface area contributed by atoms with Gasteiger partial charge in [0.15, 0.2) is 0 Å². The Morgan fingerprint density at radius 3 is 2.16 bits per heavy atom. The molecule has 4 aromatic rings. The SMILES string of the molecule is CCCCNS(=O)(=O)c1cccc2c(NC(=O)[C@@H](Cc3ccccc3)NC(=O)c3ccccc3)cccc12. The van der Waals surface area contributed by atoms with Crippen LogP contribution in [-0.4, -0.2) is 32.8 Å². The number of nitrogens with one attached hydrogen (secondary N) is 3. The van der Waals surface area contributed by atoms with Crippen molar-refractivity contribution in [2.75, 3.05) is 11.9 Å². The van der Waals surface area contributed by atoms with E-state index >= 15 is 0 Å². The van der Waals surface area contributed by atoms with Crippen molar-refractivity contribution in [1.82, 2.24) is 10.0 Å². The van der Waals surface area contributed by atoms with Crippen LogP contribution in [-0.2, 0) is 21.2 Å². The summed E-state index contributed by atoms with van der Waals surface area (Å²) in [4.78, 5) is 26.6. The van der Waals surface area contributed by atoms with Crippen molar-refractivity contribution in [1.29, 1.82) is 0 Å². The molecule has 0 unspecified atom stereocenters. The number of hydrogen-bond donors (Lipinski definition) is 3. The van der Waals surface area contributed by atoms with Crippen LogP contribution in [0.25, 0.3) is 10.8 Å². The van der Waals surface area contributed by atoms with Crippen LogP contribution in [0.3, 0.4) is 0 Å². The van der Waals surface area contributed by atoms with E-state index in [4.69, 9.17) is 0 Å². The molecule has 0 bridgehead atoms. The maximum absolute atomic E-state index is 13.5. The highest BCUT2D eigenvalue weighted by molar-refractivity contribution is 7.89. The molecule has 1 atom stereocenters. The summed E-state index contributed by atoms with van der Waals surface area (Å²) in [5.74, 6) is -0.758. The molecule has 0 aliphatic carbocycles. The minimum absolute atomic E-state index is 0.153. The molecule has 3 N–H and O–H groups in total. The first-order chi connectivity index (χ1) is 18.4. The minimum atomic E-state index is -3.73. The van der Waals surface area contributed by atoms with Crippen LogP contribution in [0, 0.1) is 0 Å². The van der Waals surface area contributed by atoms with Gasteiger partial charge in [0.05, 0.1) is 4.90 Å². The van der Waals surface area contributed by atoms with Crippen LogP contribution in [0.4, 0.5) is 5.69 Å². The second-order valence-corrected chi connectivity index (χ2v) is 10.7. The van der Waals surface area contributed by atoms with Crippen LogP contribution in [0.15, 0.2) is 102 Å². The predicted octanol–water partition coefficient (Wildman–Crippen LogP) is 4.90. The lowest BCUT2D eigenvalue weighted by molar-refractivity contribution is -0.118. The van der Waals surface area contributed by atoms with E-state index in [0.29, 0.717) is 28.6 Å². The minimum Gasteiger partial charge on any atom is -0.340 e. The molecular formula is C30H31N3O4S. The smallest absolute Gasteiger partial charge is 0.251 e. The van der Waals surface area contributed by atoms with Gasteiger partial charge in [0.25, 0.3) is 5.91 Å². The summed E-state index contributed by atoms with van der Waals surface area (Å²) in [6.45, 7) is 2.35. The van der Waals surface area contributed by atoms with Crippen molar-refractivity contribution < 1.29 is 18.0 Å². The standard InChI is InChI=1S/C30H31N3O4S/c1-2-3-20-31-38(36,37)28-19-11-16-24-25(28)17-10-18-26(24)32-30(35)27(21-22-12-6-4-7-13-22)33-29(34)23-14-8-5-9-15-23/h4-19,27,31H,2-3,20-21H2,1H3,(H,32,35)(H,33,34)/t27-/m1/s1. The number of fused-ring (bicyclic) bond motifs is 1. The lowest BCUT2D eigenvalue weighted by Crippen LogP contribution is -2.45. The third-order valence-corrected chi connectivity index (χ3v) is 7.71. The van der Waals surface area contributed by atoms with Gasteiger partial charge in [0.2, 0.25) is 15.9 Å². The highest BCUT2D eigenvalue weighted by Gasteiger charge is 2.24. The van der Waals surface area contributed by atoms with Gasteiger partial charge < -0.3 is 10.6 Å². The molecule has 0 radical (unpaired) electrons. The van der Waals surface area contributed by atoms with Gasteiger partial charge in [-0.3, -0.25) is 9.59 Å². The summed E-state index contributed by atoms with van der Waals surface area (Å²) in [6.07, 6.45) is 1.90. The molecule has 2 amide bonds. The summed E-state index contributed by atoms with van der Waals surface area (Å²) in [5, 5.41) is 6.87. The normalized spacial score (nSPS) is 12.1. The summed E-state index contributed by atoms with van der Waals surface area (Å²) in [6, 6.07) is 27.4. The molecule has 7 nitrogen and oxygen atoms in total. The first-order valence-corrected chi connectivity index (χ1v) is 14.1. The van der Waals surface area contributed by atoms with Gasteiger partial charge in [-0.25, -0.2) is 13.1 Å². The molecule has 0 aliphatic rings. The van der Waals surface area contributed by atoms with Crippen molar-refractivity contribution in [3.8, 4) is 0 Å². The zero-order chi connectivity index (χ0) is 27.0. The Labute approximate surface area is 223 Å². The third kappa shape index (κ3) is 6.65. The van der Waals surface area contributed by atoms with E-state index in [9.17, 15) is 18.0 Å². The van der Waals surface area contributed by atoms with E-state index in [0.717, 1.165) is 18.4 Å². The highest BCUT2D eigenvalue weighted by atomic mass is 32.2. The number of hydrogen-bond acceptors (Lipinski definition) is 4. The highest BCUT2D eigenvalue weighted by Crippen LogP contribution is 2.29. The first kappa shape index (κ1) is 27.0. The summed E-state index contributed by atoms with van der Waals surface area (Å²) >= 11 is 0. The molecular weight excluding hydrogens is 498 g/mol. The number of carbonyl (C=O) groups excluding carboxylic acids is 2. The first-order valence-electron chi connectivity index (χ1n) is 12.6. The molecule has 196 valence electrons. The van der Waals surface area contributed by atoms with Crippen LogP contribution in [0.5, 0.6) is 0 Å². The largest absolute Gasteiger partial charge is 0.340 e. The van der Waals surface area contributed by atoms with Gasteiger partial charge in [0.1, 0.15) is 6.04 Å². The van der Waals surface area contributed by atoms with E-state index in [-0.39, 0.29) is 17.2 Å². The van der Waals surface area contributed by atoms with Crippen LogP contribution in [0.1, 0.15) is 35.7 Å². The quantitative estimate of drug-likeness (QED) is 0.241. The monoisotopic (exact) mass is 529 g/mol. The molecule has 0 heterocycles. The van der Waals surface area contributed by atoms with Crippen molar-refractivity contribution >= 4 is 38.3 Å². The van der Waals surface area contributed by atoms with E-state index in [1.165, 1.54) is 0 Å². The summed E-state index contributed by atoms with van der Waals surface area (Å²) in [7, 11) is -3.73. The molecule has 4 rings (SSSR count). The molecule has 4 aromatic carbocycles. The number of anilines is 1. The average molecular weight is 530 g/mol. The zero-order valence-corrected chi connectivity index (χ0v) is 22.0. The van der Waals surface area contributed by atoms with Gasteiger partial charge >= 0.3 is 0 Å². The van der Waals surface area contributed by atoms with Crippen molar-refractivity contribution in [3.05, 3.63) is 108 Å². The molecule has 0 aliphatic heterocycles. The topological polar surface area (TPSA) is 104 Å². The molecule has 38 heavy (non-hydrogen) atoms. The molecule has 0 spiro atoms. The molecule has 0 aromatic heterocycles. The van der Waals surface area contributed by atoms with Crippen LogP contribution < -0.4 is 15.4 Å². The number of amides is 2. The molecule has 8 heteroatoms. The summed E-state index contributed by atoms with van der Waals surface area (Å²) < 4.78 is 28.6. The fourth-order valence-electron chi connectivity index (χ4n) is 4.20. The lowest BCUT2D eigenvalue weighted by atomic mass is 10.0. The van der Waals surface area contributed by atoms with Crippen molar-refractivity contribution in [3.63, 3.8) is 0 Å². The molecule has 0 fully saturated rings. The lowest BCUT2D eigenvalue weighted by Gasteiger charge is -2.20. The number of benzene rings is 4. The second kappa shape index (κ2) is 12.5. The fourth-order valence-corrected chi connectivity index (χ4v) is 5.49. The Morgan fingerprint density at radius 1 is 0.789 bits per heavy atom. The third-order valence-electron chi connectivity index (χ3n) is 6.19. The van der Waals surface area contributed by atoms with Crippen LogP contribution in [0.2, 0.25) is 0 Å². The number of sulfonamides is 1. The van der Waals surface area contributed by atoms with Crippen molar-refractivity contribution in [2.24, 2.45) is 0 Å². The predicted molar refractivity (Wildman–Crippen MR) is 151 cm³/mol. The maximum Gasteiger partial charge on any atom is 0.251 e. The van der Waals surface area contributed by atoms with Gasteiger partial charge in [-0.1, -0.05) is 86.1 Å². The van der Waals surface area contributed by atoms with E-state index in [1.54, 1.807) is 60.7 Å². The Balaban J connectivity index is 1.62. The van der Waals surface area contributed by atoms with Gasteiger partial charge in [-0.05, 0) is 36.2 Å². The summed E-state index contributed by atoms with van der Waals surface area (Å²) in [5.41, 5.74) is 1.81. The van der Waals surface area contributed by atoms with Gasteiger partial charge in [0, 0.05) is 35.0 Å². The Hall–Kier alpha value is -4.01. The Bertz CT molecular complexity index is 1510. The number of unbranched alkanes of at least 4 members (excludes halogenated alkanes) is 1. The van der Waals surface area contributed by atoms with E-state index in [1.807, 2.05) is 43.3 Å². The zero-order valence-electron chi connectivity index (χ0n) is 21.2. The molecule has 0 saturated heterocycles. The van der Waals surface area contributed by atoms with E-state index in [2.05, 4.69) is 15.4 Å². The number of carbonyl (C=O) groups is 2. The Kier molecular flexibility index (Phi) is 8.89. The van der Waals surface area contributed by atoms with Crippen molar-refractivity contribution in [2.45, 2.75) is 37.1 Å². The fraction of sp³-hybridized carbons (Fsp3) is 0.200. The maximum atomic E-state index is 13.5. The number of rotatable bonds is 11. The average Bonchev–Trinajstić information content (AvgIpc) is 2.93. The van der Waals surface area contributed by atoms with Gasteiger partial charge in [-0.2, -0.15) is 0 Å². The van der Waals surface area contributed by atoms with Gasteiger partial charge in [-0.15, -0.1) is 0 Å². The van der Waals surface area contributed by atoms with Crippen LogP contribution >= 0.6 is 0 Å². The van der Waals surface area contributed by atoms with E-state index < -0.39 is 22.0 Å². The second-order valence-electron chi connectivity index (χ2n) is 8.98.